The number of anilines is 1. The van der Waals surface area contributed by atoms with Gasteiger partial charge in [-0.2, -0.15) is 0 Å². The lowest BCUT2D eigenvalue weighted by atomic mass is 10.2. The monoisotopic (exact) mass is 257 g/mol. The molecule has 2 aromatic heterocycles. The van der Waals surface area contributed by atoms with Gasteiger partial charge >= 0.3 is 0 Å². The Morgan fingerprint density at radius 1 is 1.32 bits per heavy atom. The summed E-state index contributed by atoms with van der Waals surface area (Å²) >= 11 is 0. The van der Waals surface area contributed by atoms with E-state index in [9.17, 15) is 4.79 Å². The summed E-state index contributed by atoms with van der Waals surface area (Å²) in [6.07, 6.45) is 2.24. The van der Waals surface area contributed by atoms with Gasteiger partial charge in [-0.15, -0.1) is 5.10 Å². The molecule has 0 saturated heterocycles. The van der Waals surface area contributed by atoms with Crippen LogP contribution in [0.4, 0.5) is 5.82 Å². The standard InChI is InChI=1S/C13H15N5O/c1-7-5-8(2)14-10(6-7)15-13(19)12-16-11(17-18-12)9-3-4-9/h5-6,9H,3-4H2,1-2H3,(H,14,15,19)(H,16,17,18). The molecule has 3 rings (SSSR count). The Bertz CT molecular complexity index is 609. The summed E-state index contributed by atoms with van der Waals surface area (Å²) in [4.78, 5) is 20.5. The van der Waals surface area contributed by atoms with Crippen molar-refractivity contribution in [1.29, 1.82) is 0 Å². The smallest absolute Gasteiger partial charge is 0.296 e. The Labute approximate surface area is 110 Å². The van der Waals surface area contributed by atoms with Crippen molar-refractivity contribution in [2.24, 2.45) is 0 Å². The van der Waals surface area contributed by atoms with Gasteiger partial charge in [-0.25, -0.2) is 9.97 Å². The molecule has 0 bridgehead atoms. The number of hydrogen-bond acceptors (Lipinski definition) is 4. The van der Waals surface area contributed by atoms with Gasteiger partial charge in [0.25, 0.3) is 5.91 Å². The number of amides is 1. The Hall–Kier alpha value is -2.24. The van der Waals surface area contributed by atoms with Crippen molar-refractivity contribution in [3.8, 4) is 0 Å². The van der Waals surface area contributed by atoms with Crippen LogP contribution in [0.2, 0.25) is 0 Å². The molecular weight excluding hydrogens is 242 g/mol. The normalized spacial score (nSPS) is 14.4. The maximum absolute atomic E-state index is 12.0. The molecule has 2 heterocycles. The second-order valence-electron chi connectivity index (χ2n) is 4.94. The lowest BCUT2D eigenvalue weighted by Crippen LogP contribution is -2.15. The van der Waals surface area contributed by atoms with Crippen LogP contribution in [-0.4, -0.2) is 26.1 Å². The zero-order chi connectivity index (χ0) is 13.4. The van der Waals surface area contributed by atoms with Crippen LogP contribution in [0.3, 0.4) is 0 Å². The van der Waals surface area contributed by atoms with Crippen LogP contribution >= 0.6 is 0 Å². The fourth-order valence-corrected chi connectivity index (χ4v) is 1.99. The number of carbonyl (C=O) groups excluding carboxylic acids is 1. The van der Waals surface area contributed by atoms with Gasteiger partial charge in [0, 0.05) is 11.6 Å². The summed E-state index contributed by atoms with van der Waals surface area (Å²) in [5.74, 6) is 1.62. The minimum absolute atomic E-state index is 0.169. The van der Waals surface area contributed by atoms with Crippen LogP contribution < -0.4 is 5.32 Å². The maximum atomic E-state index is 12.0. The second kappa shape index (κ2) is 4.46. The first-order valence-corrected chi connectivity index (χ1v) is 6.31. The van der Waals surface area contributed by atoms with E-state index >= 15 is 0 Å². The molecule has 19 heavy (non-hydrogen) atoms. The van der Waals surface area contributed by atoms with Gasteiger partial charge < -0.3 is 5.32 Å². The van der Waals surface area contributed by atoms with E-state index in [-0.39, 0.29) is 11.7 Å². The molecule has 1 amide bonds. The zero-order valence-electron chi connectivity index (χ0n) is 10.9. The minimum atomic E-state index is -0.333. The molecule has 6 heteroatoms. The number of carbonyl (C=O) groups is 1. The third-order valence-electron chi connectivity index (χ3n) is 3.01. The van der Waals surface area contributed by atoms with E-state index < -0.39 is 0 Å². The predicted molar refractivity (Wildman–Crippen MR) is 70.0 cm³/mol. The predicted octanol–water partition coefficient (Wildman–Crippen LogP) is 1.95. The Kier molecular flexibility index (Phi) is 2.77. The Balaban J connectivity index is 1.75. The van der Waals surface area contributed by atoms with E-state index in [0.717, 1.165) is 29.9 Å². The summed E-state index contributed by atoms with van der Waals surface area (Å²) in [7, 11) is 0. The van der Waals surface area contributed by atoms with Gasteiger partial charge in [0.15, 0.2) is 0 Å². The molecule has 98 valence electrons. The van der Waals surface area contributed by atoms with Gasteiger partial charge in [-0.3, -0.25) is 9.89 Å². The number of aryl methyl sites for hydroxylation is 2. The van der Waals surface area contributed by atoms with Crippen LogP contribution in [0.1, 0.15) is 46.5 Å². The number of nitrogens with zero attached hydrogens (tertiary/aromatic N) is 3. The molecule has 6 nitrogen and oxygen atoms in total. The average Bonchev–Trinajstić information content (AvgIpc) is 3.05. The average molecular weight is 257 g/mol. The lowest BCUT2D eigenvalue weighted by Gasteiger charge is -2.04. The number of pyridine rings is 1. The molecule has 1 aliphatic rings. The number of nitrogens with one attached hydrogen (secondary N) is 2. The first-order chi connectivity index (χ1) is 9.11. The molecule has 1 aliphatic carbocycles. The van der Waals surface area contributed by atoms with Crippen LogP contribution in [0.5, 0.6) is 0 Å². The first-order valence-electron chi connectivity index (χ1n) is 6.31. The lowest BCUT2D eigenvalue weighted by molar-refractivity contribution is 0.101. The van der Waals surface area contributed by atoms with Crippen LogP contribution in [0, 0.1) is 13.8 Å². The highest BCUT2D eigenvalue weighted by atomic mass is 16.2. The molecule has 0 unspecified atom stereocenters. The summed E-state index contributed by atoms with van der Waals surface area (Å²) in [6.45, 7) is 3.85. The van der Waals surface area contributed by atoms with Crippen molar-refractivity contribution in [2.75, 3.05) is 5.32 Å². The van der Waals surface area contributed by atoms with Gasteiger partial charge in [-0.1, -0.05) is 0 Å². The van der Waals surface area contributed by atoms with Crippen LogP contribution in [0.15, 0.2) is 12.1 Å². The molecule has 0 aromatic carbocycles. The molecule has 0 atom stereocenters. The third-order valence-corrected chi connectivity index (χ3v) is 3.01. The number of H-pyrrole nitrogens is 1. The SMILES string of the molecule is Cc1cc(C)nc(NC(=O)c2n[nH]c(C3CC3)n2)c1. The fraction of sp³-hybridized carbons (Fsp3) is 0.385. The minimum Gasteiger partial charge on any atom is -0.304 e. The molecule has 0 radical (unpaired) electrons. The number of rotatable bonds is 3. The number of aromatic amines is 1. The first kappa shape index (κ1) is 11.8. The maximum Gasteiger partial charge on any atom is 0.296 e. The van der Waals surface area contributed by atoms with Gasteiger partial charge in [0.1, 0.15) is 11.6 Å². The molecule has 2 aromatic rings. The molecule has 1 saturated carbocycles. The van der Waals surface area contributed by atoms with Crippen molar-refractivity contribution in [3.63, 3.8) is 0 Å². The van der Waals surface area contributed by atoms with E-state index in [0.29, 0.717) is 11.7 Å². The summed E-state index contributed by atoms with van der Waals surface area (Å²) in [5, 5.41) is 9.47. The van der Waals surface area contributed by atoms with Gasteiger partial charge in [0.2, 0.25) is 5.82 Å². The number of aromatic nitrogens is 4. The van der Waals surface area contributed by atoms with Crippen molar-refractivity contribution in [1.82, 2.24) is 20.2 Å². The van der Waals surface area contributed by atoms with E-state index in [1.165, 1.54) is 0 Å². The van der Waals surface area contributed by atoms with Gasteiger partial charge in [-0.05, 0) is 44.4 Å². The highest BCUT2D eigenvalue weighted by molar-refractivity contribution is 6.00. The molecule has 2 N–H and O–H groups in total. The van der Waals surface area contributed by atoms with Crippen molar-refractivity contribution in [3.05, 3.63) is 35.0 Å². The van der Waals surface area contributed by atoms with Crippen molar-refractivity contribution in [2.45, 2.75) is 32.6 Å². The molecule has 0 spiro atoms. The second-order valence-corrected chi connectivity index (χ2v) is 4.94. The summed E-state index contributed by atoms with van der Waals surface area (Å²) in [5.41, 5.74) is 1.92. The highest BCUT2D eigenvalue weighted by Crippen LogP contribution is 2.37. The summed E-state index contributed by atoms with van der Waals surface area (Å²) in [6, 6.07) is 3.77. The summed E-state index contributed by atoms with van der Waals surface area (Å²) < 4.78 is 0. The van der Waals surface area contributed by atoms with E-state index in [1.54, 1.807) is 0 Å². The van der Waals surface area contributed by atoms with E-state index in [2.05, 4.69) is 25.5 Å². The molecule has 0 aliphatic heterocycles. The van der Waals surface area contributed by atoms with Crippen LogP contribution in [-0.2, 0) is 0 Å². The van der Waals surface area contributed by atoms with E-state index in [4.69, 9.17) is 0 Å². The number of hydrogen-bond donors (Lipinski definition) is 2. The van der Waals surface area contributed by atoms with Crippen molar-refractivity contribution < 1.29 is 4.79 Å². The quantitative estimate of drug-likeness (QED) is 0.880. The molecule has 1 fully saturated rings. The molecular formula is C13H15N5O. The fourth-order valence-electron chi connectivity index (χ4n) is 1.99. The largest absolute Gasteiger partial charge is 0.304 e. The van der Waals surface area contributed by atoms with Gasteiger partial charge in [0.05, 0.1) is 0 Å². The Morgan fingerprint density at radius 3 is 2.79 bits per heavy atom. The van der Waals surface area contributed by atoms with E-state index in [1.807, 2.05) is 26.0 Å². The third kappa shape index (κ3) is 2.62. The topological polar surface area (TPSA) is 83.6 Å². The highest BCUT2D eigenvalue weighted by Gasteiger charge is 2.28. The van der Waals surface area contributed by atoms with Crippen molar-refractivity contribution >= 4 is 11.7 Å². The Morgan fingerprint density at radius 2 is 2.11 bits per heavy atom. The zero-order valence-corrected chi connectivity index (χ0v) is 10.9. The van der Waals surface area contributed by atoms with Crippen LogP contribution in [0.25, 0.3) is 0 Å².